The van der Waals surface area contributed by atoms with Crippen molar-refractivity contribution in [1.29, 1.82) is 0 Å². The van der Waals surface area contributed by atoms with Crippen molar-refractivity contribution in [2.45, 2.75) is 37.9 Å². The van der Waals surface area contributed by atoms with Crippen molar-refractivity contribution in [2.24, 2.45) is 0 Å². The number of ether oxygens (including phenoxy) is 3. The standard InChI is InChI=1S/C9H18O5/c1-6-13-4-7(14-6)3-8(10)9(11)5-12-2/h6-11H,3-5H2,1-2H3/t6?,7-,8+,9+/m0/s1. The van der Waals surface area contributed by atoms with Gasteiger partial charge in [0.1, 0.15) is 6.10 Å². The molecular weight excluding hydrogens is 188 g/mol. The molecule has 1 fully saturated rings. The maximum atomic E-state index is 9.53. The molecule has 14 heavy (non-hydrogen) atoms. The minimum atomic E-state index is -0.862. The summed E-state index contributed by atoms with van der Waals surface area (Å²) in [5.74, 6) is 0. The monoisotopic (exact) mass is 206 g/mol. The molecule has 1 rings (SSSR count). The van der Waals surface area contributed by atoms with Crippen LogP contribution in [-0.2, 0) is 14.2 Å². The molecule has 0 radical (unpaired) electrons. The molecule has 1 aliphatic heterocycles. The van der Waals surface area contributed by atoms with E-state index in [0.29, 0.717) is 13.0 Å². The van der Waals surface area contributed by atoms with E-state index in [1.54, 1.807) is 6.92 Å². The van der Waals surface area contributed by atoms with Gasteiger partial charge in [0.25, 0.3) is 0 Å². The lowest BCUT2D eigenvalue weighted by Crippen LogP contribution is -2.34. The minimum Gasteiger partial charge on any atom is -0.390 e. The van der Waals surface area contributed by atoms with E-state index in [4.69, 9.17) is 14.2 Å². The SMILES string of the molecule is COC[C@@H](O)[C@H](O)C[C@H]1COC(C)O1. The highest BCUT2D eigenvalue weighted by Crippen LogP contribution is 2.16. The van der Waals surface area contributed by atoms with E-state index >= 15 is 0 Å². The Morgan fingerprint density at radius 1 is 1.43 bits per heavy atom. The predicted molar refractivity (Wildman–Crippen MR) is 48.8 cm³/mol. The normalized spacial score (nSPS) is 31.7. The fourth-order valence-electron chi connectivity index (χ4n) is 1.42. The second kappa shape index (κ2) is 5.63. The van der Waals surface area contributed by atoms with Crippen molar-refractivity contribution in [2.75, 3.05) is 20.3 Å². The molecule has 5 heteroatoms. The summed E-state index contributed by atoms with van der Waals surface area (Å²) in [6.07, 6.45) is -1.67. The van der Waals surface area contributed by atoms with Crippen LogP contribution in [-0.4, -0.2) is 55.1 Å². The number of rotatable bonds is 5. The summed E-state index contributed by atoms with van der Waals surface area (Å²) in [6, 6.07) is 0. The highest BCUT2D eigenvalue weighted by molar-refractivity contribution is 4.74. The number of aliphatic hydroxyl groups excluding tert-OH is 2. The Labute approximate surface area is 83.6 Å². The van der Waals surface area contributed by atoms with Gasteiger partial charge in [-0.3, -0.25) is 0 Å². The highest BCUT2D eigenvalue weighted by Gasteiger charge is 2.27. The molecule has 0 amide bonds. The van der Waals surface area contributed by atoms with Crippen LogP contribution in [0.2, 0.25) is 0 Å². The molecule has 1 aliphatic rings. The molecule has 0 aromatic carbocycles. The fourth-order valence-corrected chi connectivity index (χ4v) is 1.42. The molecule has 5 nitrogen and oxygen atoms in total. The Kier molecular flexibility index (Phi) is 4.77. The van der Waals surface area contributed by atoms with Crippen molar-refractivity contribution in [1.82, 2.24) is 0 Å². The van der Waals surface area contributed by atoms with Gasteiger partial charge in [-0.25, -0.2) is 0 Å². The number of hydrogen-bond donors (Lipinski definition) is 2. The predicted octanol–water partition coefficient (Wildman–Crippen LogP) is -0.494. The van der Waals surface area contributed by atoms with Crippen molar-refractivity contribution in [3.05, 3.63) is 0 Å². The third kappa shape index (κ3) is 3.51. The summed E-state index contributed by atoms with van der Waals surface area (Å²) in [7, 11) is 1.48. The molecule has 0 aromatic rings. The van der Waals surface area contributed by atoms with Crippen LogP contribution < -0.4 is 0 Å². The van der Waals surface area contributed by atoms with Gasteiger partial charge in [-0.05, 0) is 6.92 Å². The molecule has 1 heterocycles. The summed E-state index contributed by atoms with van der Waals surface area (Å²) in [6.45, 7) is 2.40. The van der Waals surface area contributed by atoms with E-state index in [9.17, 15) is 10.2 Å². The van der Waals surface area contributed by atoms with E-state index in [2.05, 4.69) is 0 Å². The molecule has 1 saturated heterocycles. The lowest BCUT2D eigenvalue weighted by molar-refractivity contribution is -0.0697. The van der Waals surface area contributed by atoms with Crippen LogP contribution in [0.25, 0.3) is 0 Å². The molecule has 1 unspecified atom stereocenters. The van der Waals surface area contributed by atoms with E-state index in [1.807, 2.05) is 0 Å². The molecule has 4 atom stereocenters. The topological polar surface area (TPSA) is 68.2 Å². The summed E-state index contributed by atoms with van der Waals surface area (Å²) >= 11 is 0. The Bertz CT molecular complexity index is 163. The number of hydrogen-bond acceptors (Lipinski definition) is 5. The molecular formula is C9H18O5. The molecule has 0 aromatic heterocycles. The Morgan fingerprint density at radius 2 is 2.14 bits per heavy atom. The number of methoxy groups -OCH3 is 1. The van der Waals surface area contributed by atoms with Crippen molar-refractivity contribution >= 4 is 0 Å². The lowest BCUT2D eigenvalue weighted by Gasteiger charge is -2.19. The molecule has 0 aliphatic carbocycles. The van der Waals surface area contributed by atoms with Crippen LogP contribution in [0.15, 0.2) is 0 Å². The average molecular weight is 206 g/mol. The largest absolute Gasteiger partial charge is 0.390 e. The van der Waals surface area contributed by atoms with Crippen molar-refractivity contribution in [3.63, 3.8) is 0 Å². The Morgan fingerprint density at radius 3 is 2.64 bits per heavy atom. The van der Waals surface area contributed by atoms with E-state index < -0.39 is 12.2 Å². The quantitative estimate of drug-likeness (QED) is 0.635. The highest BCUT2D eigenvalue weighted by atomic mass is 16.7. The Hall–Kier alpha value is -0.200. The fraction of sp³-hybridized carbons (Fsp3) is 1.00. The van der Waals surface area contributed by atoms with E-state index in [1.165, 1.54) is 7.11 Å². The van der Waals surface area contributed by atoms with Gasteiger partial charge in [0.05, 0.1) is 25.4 Å². The van der Waals surface area contributed by atoms with Crippen LogP contribution in [0.4, 0.5) is 0 Å². The van der Waals surface area contributed by atoms with Gasteiger partial charge >= 0.3 is 0 Å². The van der Waals surface area contributed by atoms with Gasteiger partial charge in [-0.15, -0.1) is 0 Å². The van der Waals surface area contributed by atoms with E-state index in [0.717, 1.165) is 0 Å². The smallest absolute Gasteiger partial charge is 0.155 e. The molecule has 0 bridgehead atoms. The maximum Gasteiger partial charge on any atom is 0.155 e. The zero-order valence-electron chi connectivity index (χ0n) is 8.55. The van der Waals surface area contributed by atoms with Gasteiger partial charge in [0.15, 0.2) is 6.29 Å². The summed E-state index contributed by atoms with van der Waals surface area (Å²) < 4.78 is 15.2. The summed E-state index contributed by atoms with van der Waals surface area (Å²) in [4.78, 5) is 0. The molecule has 84 valence electrons. The third-order valence-electron chi connectivity index (χ3n) is 2.19. The average Bonchev–Trinajstić information content (AvgIpc) is 2.51. The van der Waals surface area contributed by atoms with Crippen LogP contribution in [0.5, 0.6) is 0 Å². The van der Waals surface area contributed by atoms with Gasteiger partial charge < -0.3 is 24.4 Å². The van der Waals surface area contributed by atoms with Crippen LogP contribution in [0, 0.1) is 0 Å². The van der Waals surface area contributed by atoms with Crippen LogP contribution in [0.3, 0.4) is 0 Å². The van der Waals surface area contributed by atoms with Gasteiger partial charge in [0, 0.05) is 13.5 Å². The van der Waals surface area contributed by atoms with Gasteiger partial charge in [-0.2, -0.15) is 0 Å². The van der Waals surface area contributed by atoms with Crippen molar-refractivity contribution < 1.29 is 24.4 Å². The molecule has 0 saturated carbocycles. The lowest BCUT2D eigenvalue weighted by atomic mass is 10.1. The van der Waals surface area contributed by atoms with Crippen LogP contribution in [0.1, 0.15) is 13.3 Å². The summed E-state index contributed by atoms with van der Waals surface area (Å²) in [5.41, 5.74) is 0. The first-order valence-corrected chi connectivity index (χ1v) is 4.75. The second-order valence-electron chi connectivity index (χ2n) is 3.48. The molecule has 2 N–H and O–H groups in total. The zero-order chi connectivity index (χ0) is 10.6. The first-order chi connectivity index (χ1) is 6.63. The Balaban J connectivity index is 2.22. The van der Waals surface area contributed by atoms with E-state index in [-0.39, 0.29) is 19.0 Å². The maximum absolute atomic E-state index is 9.53. The van der Waals surface area contributed by atoms with Gasteiger partial charge in [-0.1, -0.05) is 0 Å². The van der Waals surface area contributed by atoms with Crippen LogP contribution >= 0.6 is 0 Å². The zero-order valence-corrected chi connectivity index (χ0v) is 8.55. The van der Waals surface area contributed by atoms with Crippen molar-refractivity contribution in [3.8, 4) is 0 Å². The first-order valence-electron chi connectivity index (χ1n) is 4.75. The summed E-state index contributed by atoms with van der Waals surface area (Å²) in [5, 5.41) is 18.9. The third-order valence-corrected chi connectivity index (χ3v) is 2.19. The minimum absolute atomic E-state index is 0.129. The second-order valence-corrected chi connectivity index (χ2v) is 3.48. The molecule has 0 spiro atoms. The number of aliphatic hydroxyl groups is 2. The van der Waals surface area contributed by atoms with Gasteiger partial charge in [0.2, 0.25) is 0 Å². The first kappa shape index (κ1) is 11.9.